The molecule has 2 aliphatic rings. The van der Waals surface area contributed by atoms with Crippen LogP contribution in [0.25, 0.3) is 0 Å². The number of piperidine rings is 1. The number of fused-ring (bicyclic) bond motifs is 1. The number of likely N-dealkylation sites (tertiary alicyclic amines) is 1. The molecule has 2 heterocycles. The molecule has 8 heteroatoms. The molecule has 3 amide bonds. The molecule has 7 nitrogen and oxygen atoms in total. The molecular weight excluding hydrogens is 426 g/mol. The molecule has 0 radical (unpaired) electrons. The van der Waals surface area contributed by atoms with E-state index in [0.29, 0.717) is 30.2 Å². The maximum absolute atomic E-state index is 13.4. The van der Waals surface area contributed by atoms with Gasteiger partial charge in [-0.15, -0.1) is 11.8 Å². The lowest BCUT2D eigenvalue weighted by atomic mass is 10.1. The largest absolute Gasteiger partial charge is 0.495 e. The summed E-state index contributed by atoms with van der Waals surface area (Å²) in [5, 5.41) is 1.98. The Morgan fingerprint density at radius 2 is 1.88 bits per heavy atom. The highest BCUT2D eigenvalue weighted by Crippen LogP contribution is 2.40. The molecule has 0 unspecified atom stereocenters. The molecule has 1 saturated heterocycles. The van der Waals surface area contributed by atoms with E-state index in [4.69, 9.17) is 4.74 Å². The summed E-state index contributed by atoms with van der Waals surface area (Å²) in [5.74, 6) is -0.327. The van der Waals surface area contributed by atoms with Gasteiger partial charge in [0.1, 0.15) is 12.3 Å². The molecule has 0 saturated carbocycles. The third kappa shape index (κ3) is 4.60. The van der Waals surface area contributed by atoms with Crippen molar-refractivity contribution in [2.75, 3.05) is 37.0 Å². The van der Waals surface area contributed by atoms with Crippen molar-refractivity contribution in [3.63, 3.8) is 0 Å². The summed E-state index contributed by atoms with van der Waals surface area (Å²) in [6, 6.07) is 12.9. The molecule has 0 bridgehead atoms. The summed E-state index contributed by atoms with van der Waals surface area (Å²) in [4.78, 5) is 43.5. The number of nitrogens with one attached hydrogen (secondary N) is 1. The Morgan fingerprint density at radius 1 is 1.12 bits per heavy atom. The zero-order valence-corrected chi connectivity index (χ0v) is 19.1. The van der Waals surface area contributed by atoms with Crippen molar-refractivity contribution in [1.29, 1.82) is 0 Å². The quantitative estimate of drug-likeness (QED) is 0.702. The third-order valence-corrected chi connectivity index (χ3v) is 6.95. The molecule has 1 fully saturated rings. The van der Waals surface area contributed by atoms with E-state index < -0.39 is 5.25 Å². The van der Waals surface area contributed by atoms with Crippen LogP contribution in [-0.2, 0) is 14.4 Å². The number of methoxy groups -OCH3 is 1. The van der Waals surface area contributed by atoms with Gasteiger partial charge in [0.25, 0.3) is 5.91 Å². The summed E-state index contributed by atoms with van der Waals surface area (Å²) >= 11 is 1.28. The van der Waals surface area contributed by atoms with E-state index in [0.717, 1.165) is 29.7 Å². The number of amides is 3. The number of carbonyl (C=O) groups is 3. The molecule has 168 valence electrons. The first-order valence-corrected chi connectivity index (χ1v) is 11.7. The first kappa shape index (κ1) is 22.2. The molecule has 1 atom stereocenters. The second-order valence-electron chi connectivity index (χ2n) is 8.03. The van der Waals surface area contributed by atoms with Gasteiger partial charge >= 0.3 is 0 Å². The summed E-state index contributed by atoms with van der Waals surface area (Å²) in [5.41, 5.74) is 2.17. The van der Waals surface area contributed by atoms with Crippen molar-refractivity contribution >= 4 is 40.9 Å². The number of ether oxygens (including phenoxy) is 1. The Morgan fingerprint density at radius 3 is 2.62 bits per heavy atom. The van der Waals surface area contributed by atoms with Gasteiger partial charge < -0.3 is 19.9 Å². The minimum atomic E-state index is -0.871. The Balaban J connectivity index is 1.56. The lowest BCUT2D eigenvalue weighted by molar-refractivity contribution is -0.135. The predicted molar refractivity (Wildman–Crippen MR) is 125 cm³/mol. The van der Waals surface area contributed by atoms with Crippen LogP contribution in [0.5, 0.6) is 5.75 Å². The maximum Gasteiger partial charge on any atom is 0.250 e. The van der Waals surface area contributed by atoms with E-state index in [1.165, 1.54) is 16.7 Å². The average molecular weight is 454 g/mol. The number of nitrogens with zero attached hydrogens (tertiary/aromatic N) is 2. The Kier molecular flexibility index (Phi) is 6.69. The Hall–Kier alpha value is -3.00. The molecule has 4 rings (SSSR count). The SMILES string of the molecule is COc1ccc(C)cc1NC(=O)CN1C(=O)[C@@H](C(=O)N2CCCCC2)Sc2ccccc21. The summed E-state index contributed by atoms with van der Waals surface area (Å²) in [6.07, 6.45) is 3.02. The number of rotatable bonds is 5. The summed E-state index contributed by atoms with van der Waals surface area (Å²) in [7, 11) is 1.54. The monoisotopic (exact) mass is 453 g/mol. The van der Waals surface area contributed by atoms with Crippen molar-refractivity contribution in [3.8, 4) is 5.75 Å². The highest BCUT2D eigenvalue weighted by Gasteiger charge is 2.41. The van der Waals surface area contributed by atoms with Crippen LogP contribution in [0.3, 0.4) is 0 Å². The van der Waals surface area contributed by atoms with Gasteiger partial charge in [-0.3, -0.25) is 14.4 Å². The number of aryl methyl sites for hydroxylation is 1. The fourth-order valence-corrected chi connectivity index (χ4v) is 5.26. The molecule has 2 aromatic rings. The van der Waals surface area contributed by atoms with Crippen LogP contribution in [0, 0.1) is 6.92 Å². The van der Waals surface area contributed by atoms with Crippen LogP contribution in [0.1, 0.15) is 24.8 Å². The van der Waals surface area contributed by atoms with Crippen LogP contribution in [0.15, 0.2) is 47.4 Å². The number of para-hydroxylation sites is 1. The van der Waals surface area contributed by atoms with Crippen molar-refractivity contribution in [1.82, 2.24) is 4.90 Å². The second-order valence-corrected chi connectivity index (χ2v) is 9.17. The lowest BCUT2D eigenvalue weighted by Gasteiger charge is -2.36. The number of hydrogen-bond donors (Lipinski definition) is 1. The van der Waals surface area contributed by atoms with E-state index in [9.17, 15) is 14.4 Å². The van der Waals surface area contributed by atoms with Gasteiger partial charge in [0.05, 0.1) is 18.5 Å². The van der Waals surface area contributed by atoms with E-state index in [2.05, 4.69) is 5.32 Å². The first-order valence-electron chi connectivity index (χ1n) is 10.8. The molecule has 2 aromatic carbocycles. The minimum Gasteiger partial charge on any atom is -0.495 e. The van der Waals surface area contributed by atoms with E-state index in [1.54, 1.807) is 18.1 Å². The Labute approximate surface area is 192 Å². The number of anilines is 2. The minimum absolute atomic E-state index is 0.167. The van der Waals surface area contributed by atoms with Gasteiger partial charge in [0, 0.05) is 18.0 Å². The highest BCUT2D eigenvalue weighted by molar-refractivity contribution is 8.01. The lowest BCUT2D eigenvalue weighted by Crippen LogP contribution is -2.52. The highest BCUT2D eigenvalue weighted by atomic mass is 32.2. The normalized spacial score (nSPS) is 18.2. The maximum atomic E-state index is 13.4. The molecule has 32 heavy (non-hydrogen) atoms. The van der Waals surface area contributed by atoms with Crippen LogP contribution in [0.4, 0.5) is 11.4 Å². The average Bonchev–Trinajstić information content (AvgIpc) is 2.81. The van der Waals surface area contributed by atoms with Gasteiger partial charge in [-0.2, -0.15) is 0 Å². The number of carbonyl (C=O) groups excluding carboxylic acids is 3. The van der Waals surface area contributed by atoms with Crippen molar-refractivity contribution in [2.45, 2.75) is 36.3 Å². The number of hydrogen-bond acceptors (Lipinski definition) is 5. The fourth-order valence-electron chi connectivity index (χ4n) is 4.07. The van der Waals surface area contributed by atoms with Gasteiger partial charge in [0.15, 0.2) is 5.25 Å². The zero-order valence-electron chi connectivity index (χ0n) is 18.3. The van der Waals surface area contributed by atoms with Gasteiger partial charge in [-0.1, -0.05) is 18.2 Å². The molecule has 1 N–H and O–H groups in total. The van der Waals surface area contributed by atoms with Crippen LogP contribution >= 0.6 is 11.8 Å². The predicted octanol–water partition coefficient (Wildman–Crippen LogP) is 3.46. The second kappa shape index (κ2) is 9.65. The van der Waals surface area contributed by atoms with E-state index in [-0.39, 0.29) is 24.3 Å². The third-order valence-electron chi connectivity index (χ3n) is 5.71. The summed E-state index contributed by atoms with van der Waals surface area (Å²) in [6.45, 7) is 3.10. The van der Waals surface area contributed by atoms with Crippen molar-refractivity contribution in [3.05, 3.63) is 48.0 Å². The fraction of sp³-hybridized carbons (Fsp3) is 0.375. The smallest absolute Gasteiger partial charge is 0.250 e. The topological polar surface area (TPSA) is 79.0 Å². The molecule has 0 aliphatic carbocycles. The zero-order chi connectivity index (χ0) is 22.7. The molecule has 0 spiro atoms. The van der Waals surface area contributed by atoms with E-state index in [1.807, 2.05) is 43.3 Å². The van der Waals surface area contributed by atoms with Crippen molar-refractivity contribution in [2.24, 2.45) is 0 Å². The number of thioether (sulfide) groups is 1. The first-order chi connectivity index (χ1) is 15.5. The standard InChI is InChI=1S/C24H27N3O4S/c1-16-10-11-19(31-2)17(14-16)25-21(28)15-27-18-8-4-5-9-20(18)32-22(24(27)30)23(29)26-12-6-3-7-13-26/h4-5,8-11,14,22H,3,6-7,12-13,15H2,1-2H3,(H,25,28)/t22-/m1/s1. The summed E-state index contributed by atoms with van der Waals surface area (Å²) < 4.78 is 5.34. The van der Waals surface area contributed by atoms with Crippen molar-refractivity contribution < 1.29 is 19.1 Å². The molecule has 2 aliphatic heterocycles. The van der Waals surface area contributed by atoms with E-state index >= 15 is 0 Å². The van der Waals surface area contributed by atoms with Gasteiger partial charge in [0.2, 0.25) is 11.8 Å². The van der Waals surface area contributed by atoms with Crippen LogP contribution < -0.4 is 15.0 Å². The molecule has 0 aromatic heterocycles. The molecular formula is C24H27N3O4S. The Bertz CT molecular complexity index is 1040. The van der Waals surface area contributed by atoms with Crippen LogP contribution in [0.2, 0.25) is 0 Å². The van der Waals surface area contributed by atoms with Gasteiger partial charge in [-0.05, 0) is 56.0 Å². The van der Waals surface area contributed by atoms with Crippen LogP contribution in [-0.4, -0.2) is 54.6 Å². The number of benzene rings is 2. The van der Waals surface area contributed by atoms with Gasteiger partial charge in [-0.25, -0.2) is 0 Å².